The minimum Gasteiger partial charge on any atom is -0.380 e. The molecule has 0 spiro atoms. The molecule has 112 valence electrons. The quantitative estimate of drug-likeness (QED) is 0.896. The van der Waals surface area contributed by atoms with Gasteiger partial charge in [0.15, 0.2) is 0 Å². The highest BCUT2D eigenvalue weighted by atomic mass is 35.5. The van der Waals surface area contributed by atoms with Gasteiger partial charge in [-0.05, 0) is 44.0 Å². The molecule has 2 aromatic carbocycles. The topological polar surface area (TPSA) is 46.2 Å². The summed E-state index contributed by atoms with van der Waals surface area (Å²) in [5, 5.41) is 12.0. The standard InChI is InChI=1S/C18H22ClNO/c1-13-4-6-14(7-5-13)18(21,12-17(2,3)20)15-8-10-16(19)11-9-15/h4-11,21H,12,20H2,1-3H3. The Balaban J connectivity index is 2.53. The Hall–Kier alpha value is -1.35. The van der Waals surface area contributed by atoms with Crippen molar-refractivity contribution in [3.8, 4) is 0 Å². The van der Waals surface area contributed by atoms with Crippen molar-refractivity contribution in [2.75, 3.05) is 0 Å². The maximum absolute atomic E-state index is 11.3. The number of hydrogen-bond acceptors (Lipinski definition) is 2. The molecule has 0 aliphatic heterocycles. The molecule has 3 heteroatoms. The van der Waals surface area contributed by atoms with Crippen LogP contribution in [0, 0.1) is 6.92 Å². The predicted octanol–water partition coefficient (Wildman–Crippen LogP) is 4.01. The molecule has 0 aliphatic carbocycles. The summed E-state index contributed by atoms with van der Waals surface area (Å²) in [5.41, 5.74) is 7.34. The lowest BCUT2D eigenvalue weighted by molar-refractivity contribution is 0.0512. The fourth-order valence-corrected chi connectivity index (χ4v) is 2.71. The Bertz CT molecular complexity index is 551. The minimum absolute atomic E-state index is 0.421. The molecule has 0 saturated carbocycles. The summed E-state index contributed by atoms with van der Waals surface area (Å²) in [6.45, 7) is 5.86. The fourth-order valence-electron chi connectivity index (χ4n) is 2.59. The molecule has 1 unspecified atom stereocenters. The van der Waals surface area contributed by atoms with Gasteiger partial charge in [0.1, 0.15) is 5.60 Å². The highest BCUT2D eigenvalue weighted by Gasteiger charge is 2.36. The van der Waals surface area contributed by atoms with E-state index in [4.69, 9.17) is 17.3 Å². The van der Waals surface area contributed by atoms with Crippen molar-refractivity contribution in [3.05, 3.63) is 70.2 Å². The van der Waals surface area contributed by atoms with Gasteiger partial charge in [0.05, 0.1) is 0 Å². The molecule has 21 heavy (non-hydrogen) atoms. The van der Waals surface area contributed by atoms with Crippen LogP contribution in [0.2, 0.25) is 5.02 Å². The molecule has 0 aliphatic rings. The van der Waals surface area contributed by atoms with Crippen LogP contribution in [0.25, 0.3) is 0 Å². The first-order valence-electron chi connectivity index (χ1n) is 7.05. The van der Waals surface area contributed by atoms with Gasteiger partial charge < -0.3 is 10.8 Å². The van der Waals surface area contributed by atoms with E-state index in [-0.39, 0.29) is 0 Å². The van der Waals surface area contributed by atoms with E-state index in [9.17, 15) is 5.11 Å². The summed E-state index contributed by atoms with van der Waals surface area (Å²) in [6.07, 6.45) is 0.421. The number of rotatable bonds is 4. The summed E-state index contributed by atoms with van der Waals surface area (Å²) in [7, 11) is 0. The SMILES string of the molecule is Cc1ccc(C(O)(CC(C)(C)N)c2ccc(Cl)cc2)cc1. The number of benzene rings is 2. The number of halogens is 1. The van der Waals surface area contributed by atoms with Crippen LogP contribution in [0.1, 0.15) is 37.0 Å². The van der Waals surface area contributed by atoms with Gasteiger partial charge in [-0.15, -0.1) is 0 Å². The lowest BCUT2D eigenvalue weighted by atomic mass is 9.77. The molecule has 0 heterocycles. The Morgan fingerprint density at radius 1 is 0.952 bits per heavy atom. The van der Waals surface area contributed by atoms with Crippen LogP contribution in [-0.4, -0.2) is 10.6 Å². The molecule has 2 nitrogen and oxygen atoms in total. The molecule has 0 fully saturated rings. The van der Waals surface area contributed by atoms with Crippen molar-refractivity contribution in [2.45, 2.75) is 38.3 Å². The van der Waals surface area contributed by atoms with E-state index in [0.29, 0.717) is 11.4 Å². The monoisotopic (exact) mass is 303 g/mol. The van der Waals surface area contributed by atoms with Crippen LogP contribution in [0.15, 0.2) is 48.5 Å². The Labute approximate surface area is 131 Å². The average Bonchev–Trinajstić information content (AvgIpc) is 2.38. The van der Waals surface area contributed by atoms with E-state index in [2.05, 4.69) is 0 Å². The number of hydrogen-bond donors (Lipinski definition) is 2. The van der Waals surface area contributed by atoms with Crippen LogP contribution in [0.5, 0.6) is 0 Å². The van der Waals surface area contributed by atoms with Crippen LogP contribution >= 0.6 is 11.6 Å². The maximum Gasteiger partial charge on any atom is 0.116 e. The smallest absolute Gasteiger partial charge is 0.116 e. The molecule has 0 radical (unpaired) electrons. The van der Waals surface area contributed by atoms with Crippen LogP contribution < -0.4 is 5.73 Å². The zero-order valence-electron chi connectivity index (χ0n) is 12.7. The Morgan fingerprint density at radius 3 is 1.81 bits per heavy atom. The molecule has 0 bridgehead atoms. The maximum atomic E-state index is 11.3. The first-order valence-corrected chi connectivity index (χ1v) is 7.43. The third kappa shape index (κ3) is 3.85. The van der Waals surface area contributed by atoms with Crippen molar-refractivity contribution >= 4 is 11.6 Å². The van der Waals surface area contributed by atoms with Crippen molar-refractivity contribution in [2.24, 2.45) is 5.73 Å². The van der Waals surface area contributed by atoms with Gasteiger partial charge in [0.2, 0.25) is 0 Å². The summed E-state index contributed by atoms with van der Waals surface area (Å²) >= 11 is 5.96. The number of aryl methyl sites for hydroxylation is 1. The third-order valence-corrected chi connectivity index (χ3v) is 3.81. The van der Waals surface area contributed by atoms with Gasteiger partial charge in [-0.3, -0.25) is 0 Å². The molecule has 3 N–H and O–H groups in total. The predicted molar refractivity (Wildman–Crippen MR) is 88.5 cm³/mol. The summed E-state index contributed by atoms with van der Waals surface area (Å²) < 4.78 is 0. The van der Waals surface area contributed by atoms with Gasteiger partial charge in [0, 0.05) is 17.0 Å². The third-order valence-electron chi connectivity index (χ3n) is 3.56. The van der Waals surface area contributed by atoms with E-state index < -0.39 is 11.1 Å². The zero-order valence-corrected chi connectivity index (χ0v) is 13.5. The second-order valence-corrected chi connectivity index (χ2v) is 6.83. The van der Waals surface area contributed by atoms with Crippen molar-refractivity contribution in [1.29, 1.82) is 0 Å². The first-order chi connectivity index (χ1) is 9.71. The van der Waals surface area contributed by atoms with E-state index >= 15 is 0 Å². The van der Waals surface area contributed by atoms with Gasteiger partial charge in [-0.2, -0.15) is 0 Å². The largest absolute Gasteiger partial charge is 0.380 e. The number of aliphatic hydroxyl groups is 1. The average molecular weight is 304 g/mol. The van der Waals surface area contributed by atoms with Crippen molar-refractivity contribution < 1.29 is 5.11 Å². The first kappa shape index (κ1) is 16.0. The van der Waals surface area contributed by atoms with Crippen molar-refractivity contribution in [1.82, 2.24) is 0 Å². The van der Waals surface area contributed by atoms with Gasteiger partial charge in [-0.1, -0.05) is 53.6 Å². The highest BCUT2D eigenvalue weighted by Crippen LogP contribution is 2.36. The summed E-state index contributed by atoms with van der Waals surface area (Å²) in [5.74, 6) is 0. The molecule has 0 saturated heterocycles. The van der Waals surface area contributed by atoms with E-state index in [1.165, 1.54) is 0 Å². The Kier molecular flexibility index (Phi) is 4.43. The van der Waals surface area contributed by atoms with Gasteiger partial charge >= 0.3 is 0 Å². The zero-order chi connectivity index (χ0) is 15.7. The molecule has 2 rings (SSSR count). The van der Waals surface area contributed by atoms with Crippen LogP contribution in [-0.2, 0) is 5.60 Å². The molecule has 1 atom stereocenters. The van der Waals surface area contributed by atoms with Gasteiger partial charge in [0.25, 0.3) is 0 Å². The van der Waals surface area contributed by atoms with Crippen LogP contribution in [0.4, 0.5) is 0 Å². The van der Waals surface area contributed by atoms with E-state index in [1.54, 1.807) is 12.1 Å². The van der Waals surface area contributed by atoms with E-state index in [1.807, 2.05) is 57.2 Å². The normalized spacial score (nSPS) is 14.8. The second kappa shape index (κ2) is 5.80. The minimum atomic E-state index is -1.13. The second-order valence-electron chi connectivity index (χ2n) is 6.40. The molecule has 2 aromatic rings. The fraction of sp³-hybridized carbons (Fsp3) is 0.333. The van der Waals surface area contributed by atoms with Gasteiger partial charge in [-0.25, -0.2) is 0 Å². The molecular weight excluding hydrogens is 282 g/mol. The Morgan fingerprint density at radius 2 is 1.38 bits per heavy atom. The highest BCUT2D eigenvalue weighted by molar-refractivity contribution is 6.30. The van der Waals surface area contributed by atoms with Crippen molar-refractivity contribution in [3.63, 3.8) is 0 Å². The lowest BCUT2D eigenvalue weighted by Gasteiger charge is -2.35. The summed E-state index contributed by atoms with van der Waals surface area (Å²) in [4.78, 5) is 0. The number of nitrogens with two attached hydrogens (primary N) is 1. The molecule has 0 aromatic heterocycles. The van der Waals surface area contributed by atoms with Crippen LogP contribution in [0.3, 0.4) is 0 Å². The summed E-state index contributed by atoms with van der Waals surface area (Å²) in [6, 6.07) is 15.2. The lowest BCUT2D eigenvalue weighted by Crippen LogP contribution is -2.42. The molecule has 0 amide bonds. The van der Waals surface area contributed by atoms with E-state index in [0.717, 1.165) is 16.7 Å². The molecular formula is C18H22ClNO.